The highest BCUT2D eigenvalue weighted by Gasteiger charge is 2.37. The second kappa shape index (κ2) is 9.50. The number of aliphatic hydroxyl groups is 1. The molecule has 4 rings (SSSR count). The highest BCUT2D eigenvalue weighted by Crippen LogP contribution is 2.39. The Bertz CT molecular complexity index is 1090. The molecule has 184 valence electrons. The first kappa shape index (κ1) is 24.4. The number of anilines is 2. The molecule has 1 fully saturated rings. The number of nitrogens with one attached hydrogen (secondary N) is 1. The molecule has 2 heterocycles. The number of fused-ring (bicyclic) bond motifs is 1. The predicted octanol–water partition coefficient (Wildman–Crippen LogP) is 4.59. The first-order valence-electron chi connectivity index (χ1n) is 10.8. The number of amides is 1. The van der Waals surface area contributed by atoms with Crippen LogP contribution < -0.4 is 19.7 Å². The SMILES string of the molecule is CCOc1c(F)c(F)c(N2CCC(O)(COc3ccc(Cl)c4c3CCC(=O)N4)CC2)c(F)c1F. The second-order valence-corrected chi connectivity index (χ2v) is 8.72. The summed E-state index contributed by atoms with van der Waals surface area (Å²) in [5, 5.41) is 14.0. The zero-order valence-electron chi connectivity index (χ0n) is 18.3. The molecule has 2 aliphatic heterocycles. The van der Waals surface area contributed by atoms with E-state index >= 15 is 0 Å². The van der Waals surface area contributed by atoms with Crippen LogP contribution in [0.1, 0.15) is 31.7 Å². The maximum Gasteiger partial charge on any atom is 0.224 e. The lowest BCUT2D eigenvalue weighted by molar-refractivity contribution is -0.116. The monoisotopic (exact) mass is 502 g/mol. The fourth-order valence-electron chi connectivity index (χ4n) is 4.21. The van der Waals surface area contributed by atoms with Crippen LogP contribution in [0.4, 0.5) is 28.9 Å². The van der Waals surface area contributed by atoms with Gasteiger partial charge in [0.15, 0.2) is 17.4 Å². The number of rotatable bonds is 6. The molecule has 2 aromatic carbocycles. The van der Waals surface area contributed by atoms with E-state index < -0.39 is 40.3 Å². The van der Waals surface area contributed by atoms with Gasteiger partial charge in [0, 0.05) is 25.1 Å². The summed E-state index contributed by atoms with van der Waals surface area (Å²) < 4.78 is 68.2. The number of carbonyl (C=O) groups is 1. The summed E-state index contributed by atoms with van der Waals surface area (Å²) in [4.78, 5) is 12.8. The number of piperidine rings is 1. The van der Waals surface area contributed by atoms with Gasteiger partial charge in [0.05, 0.1) is 17.3 Å². The molecule has 1 saturated heterocycles. The number of carbonyl (C=O) groups excluding carboxylic acids is 1. The molecule has 1 amide bonds. The smallest absolute Gasteiger partial charge is 0.224 e. The van der Waals surface area contributed by atoms with Crippen LogP contribution in [0.3, 0.4) is 0 Å². The Morgan fingerprint density at radius 2 is 1.71 bits per heavy atom. The third kappa shape index (κ3) is 4.48. The van der Waals surface area contributed by atoms with Gasteiger partial charge in [-0.05, 0) is 38.3 Å². The number of nitrogens with zero attached hydrogens (tertiary/aromatic N) is 1. The van der Waals surface area contributed by atoms with E-state index in [1.165, 1.54) is 6.92 Å². The van der Waals surface area contributed by atoms with Crippen molar-refractivity contribution in [3.8, 4) is 11.5 Å². The van der Waals surface area contributed by atoms with Crippen molar-refractivity contribution in [1.29, 1.82) is 0 Å². The topological polar surface area (TPSA) is 71.0 Å². The average molecular weight is 503 g/mol. The van der Waals surface area contributed by atoms with Crippen molar-refractivity contribution in [2.45, 2.75) is 38.2 Å². The first-order chi connectivity index (χ1) is 16.1. The van der Waals surface area contributed by atoms with E-state index in [2.05, 4.69) is 5.32 Å². The Balaban J connectivity index is 1.47. The molecule has 6 nitrogen and oxygen atoms in total. The second-order valence-electron chi connectivity index (χ2n) is 8.31. The number of hydrogen-bond acceptors (Lipinski definition) is 5. The predicted molar refractivity (Wildman–Crippen MR) is 118 cm³/mol. The highest BCUT2D eigenvalue weighted by molar-refractivity contribution is 6.34. The van der Waals surface area contributed by atoms with Gasteiger partial charge in [-0.15, -0.1) is 0 Å². The van der Waals surface area contributed by atoms with E-state index in [1.807, 2.05) is 0 Å². The van der Waals surface area contributed by atoms with Crippen LogP contribution in [-0.4, -0.2) is 42.9 Å². The van der Waals surface area contributed by atoms with Crippen molar-refractivity contribution in [2.75, 3.05) is 36.5 Å². The molecule has 0 aliphatic carbocycles. The highest BCUT2D eigenvalue weighted by atomic mass is 35.5. The molecule has 0 bridgehead atoms. The molecular weight excluding hydrogens is 480 g/mol. The normalized spacial score (nSPS) is 17.3. The lowest BCUT2D eigenvalue weighted by Crippen LogP contribution is -2.48. The van der Waals surface area contributed by atoms with Crippen LogP contribution in [0, 0.1) is 23.3 Å². The van der Waals surface area contributed by atoms with Gasteiger partial charge >= 0.3 is 0 Å². The molecule has 0 radical (unpaired) electrons. The van der Waals surface area contributed by atoms with Crippen LogP contribution in [0.2, 0.25) is 5.02 Å². The molecule has 2 aliphatic rings. The third-order valence-electron chi connectivity index (χ3n) is 6.08. The molecule has 2 N–H and O–H groups in total. The van der Waals surface area contributed by atoms with Crippen LogP contribution in [0.25, 0.3) is 0 Å². The standard InChI is InChI=1S/C23H23ClF4N2O4/c1-2-33-22-18(27)16(25)21(17(26)19(22)28)30-9-7-23(32,8-10-30)11-34-14-5-4-13(24)20-12(14)3-6-15(31)29-20/h4-5,32H,2-3,6-11H2,1H3,(H,29,31). The summed E-state index contributed by atoms with van der Waals surface area (Å²) in [7, 11) is 0. The number of halogens is 5. The van der Waals surface area contributed by atoms with E-state index in [0.29, 0.717) is 22.9 Å². The minimum Gasteiger partial charge on any atom is -0.490 e. The fraction of sp³-hybridized carbons (Fsp3) is 0.435. The van der Waals surface area contributed by atoms with Gasteiger partial charge in [0.1, 0.15) is 23.6 Å². The van der Waals surface area contributed by atoms with Crippen molar-refractivity contribution in [3.05, 3.63) is 46.0 Å². The van der Waals surface area contributed by atoms with Gasteiger partial charge in [0.25, 0.3) is 0 Å². The maximum atomic E-state index is 14.6. The minimum atomic E-state index is -1.60. The average Bonchev–Trinajstić information content (AvgIpc) is 2.82. The first-order valence-corrected chi connectivity index (χ1v) is 11.2. The van der Waals surface area contributed by atoms with Crippen LogP contribution in [0.15, 0.2) is 12.1 Å². The third-order valence-corrected chi connectivity index (χ3v) is 6.40. The minimum absolute atomic E-state index is 0.0366. The van der Waals surface area contributed by atoms with Gasteiger partial charge in [-0.1, -0.05) is 11.6 Å². The number of benzene rings is 2. The Hall–Kier alpha value is -2.72. The summed E-state index contributed by atoms with van der Waals surface area (Å²) in [5.41, 5.74) is -0.972. The van der Waals surface area contributed by atoms with Gasteiger partial charge in [0.2, 0.25) is 17.5 Å². The summed E-state index contributed by atoms with van der Waals surface area (Å²) in [6.07, 6.45) is 0.773. The zero-order chi connectivity index (χ0) is 24.6. The number of hydrogen-bond donors (Lipinski definition) is 2. The van der Waals surface area contributed by atoms with Gasteiger partial charge in [-0.2, -0.15) is 8.78 Å². The molecule has 0 aromatic heterocycles. The van der Waals surface area contributed by atoms with Crippen molar-refractivity contribution in [3.63, 3.8) is 0 Å². The molecule has 0 spiro atoms. The van der Waals surface area contributed by atoms with E-state index in [-0.39, 0.29) is 51.5 Å². The van der Waals surface area contributed by atoms with E-state index in [0.717, 1.165) is 10.5 Å². The Kier molecular flexibility index (Phi) is 6.82. The summed E-state index contributed by atoms with van der Waals surface area (Å²) >= 11 is 6.16. The molecule has 0 saturated carbocycles. The Morgan fingerprint density at radius 1 is 1.06 bits per heavy atom. The number of ether oxygens (including phenoxy) is 2. The quantitative estimate of drug-likeness (QED) is 0.446. The fourth-order valence-corrected chi connectivity index (χ4v) is 4.44. The van der Waals surface area contributed by atoms with Crippen molar-refractivity contribution < 1.29 is 36.9 Å². The van der Waals surface area contributed by atoms with Crippen LogP contribution in [-0.2, 0) is 11.2 Å². The Morgan fingerprint density at radius 3 is 2.32 bits per heavy atom. The van der Waals surface area contributed by atoms with Gasteiger partial charge < -0.3 is 24.8 Å². The summed E-state index contributed by atoms with van der Waals surface area (Å²) in [6, 6.07) is 3.22. The Labute approximate surface area is 198 Å². The molecule has 34 heavy (non-hydrogen) atoms. The lowest BCUT2D eigenvalue weighted by atomic mass is 9.91. The molecule has 0 atom stereocenters. The molecular formula is C23H23ClF4N2O4. The van der Waals surface area contributed by atoms with Gasteiger partial charge in [-0.3, -0.25) is 4.79 Å². The largest absolute Gasteiger partial charge is 0.490 e. The summed E-state index contributed by atoms with van der Waals surface area (Å²) in [5.74, 6) is -7.07. The lowest BCUT2D eigenvalue weighted by Gasteiger charge is -2.39. The molecule has 11 heteroatoms. The maximum absolute atomic E-state index is 14.6. The van der Waals surface area contributed by atoms with Gasteiger partial charge in [-0.25, -0.2) is 8.78 Å². The zero-order valence-corrected chi connectivity index (χ0v) is 19.1. The molecule has 2 aromatic rings. The van der Waals surface area contributed by atoms with Crippen molar-refractivity contribution >= 4 is 28.9 Å². The van der Waals surface area contributed by atoms with E-state index in [9.17, 15) is 27.5 Å². The van der Waals surface area contributed by atoms with E-state index in [4.69, 9.17) is 21.1 Å². The van der Waals surface area contributed by atoms with Crippen LogP contribution in [0.5, 0.6) is 11.5 Å². The summed E-state index contributed by atoms with van der Waals surface area (Å²) in [6.45, 7) is 1.03. The van der Waals surface area contributed by atoms with Crippen molar-refractivity contribution in [1.82, 2.24) is 0 Å². The molecule has 0 unspecified atom stereocenters. The van der Waals surface area contributed by atoms with Crippen molar-refractivity contribution in [2.24, 2.45) is 0 Å². The van der Waals surface area contributed by atoms with Crippen LogP contribution >= 0.6 is 11.6 Å². The van der Waals surface area contributed by atoms with E-state index in [1.54, 1.807) is 12.1 Å².